The lowest BCUT2D eigenvalue weighted by atomic mass is 9.80. The van der Waals surface area contributed by atoms with Crippen LogP contribution in [0.1, 0.15) is 61.0 Å². The number of nitrogens with zero attached hydrogens (tertiary/aromatic N) is 3. The maximum Gasteiger partial charge on any atom is 0.254 e. The maximum atomic E-state index is 13.4. The van der Waals surface area contributed by atoms with Gasteiger partial charge >= 0.3 is 0 Å². The molecule has 0 atom stereocenters. The van der Waals surface area contributed by atoms with Gasteiger partial charge < -0.3 is 15.1 Å². The van der Waals surface area contributed by atoms with Crippen molar-refractivity contribution >= 4 is 22.7 Å². The van der Waals surface area contributed by atoms with Gasteiger partial charge in [0.2, 0.25) is 5.91 Å². The molecule has 31 heavy (non-hydrogen) atoms. The molecule has 2 amide bonds. The lowest BCUT2D eigenvalue weighted by Gasteiger charge is -2.33. The zero-order valence-electron chi connectivity index (χ0n) is 18.8. The molecule has 1 aromatic carbocycles. The summed E-state index contributed by atoms with van der Waals surface area (Å²) >= 11 is 0. The Labute approximate surface area is 185 Å². The second-order valence-electron chi connectivity index (χ2n) is 9.08. The van der Waals surface area contributed by atoms with Crippen molar-refractivity contribution in [1.29, 1.82) is 0 Å². The lowest BCUT2D eigenvalue weighted by molar-refractivity contribution is -0.121. The van der Waals surface area contributed by atoms with Crippen LogP contribution < -0.4 is 5.32 Å². The van der Waals surface area contributed by atoms with Crippen molar-refractivity contribution in [2.75, 3.05) is 39.8 Å². The quantitative estimate of drug-likeness (QED) is 0.802. The number of carbonyl (C=O) groups excluding carboxylic acids is 2. The average molecular weight is 423 g/mol. The molecule has 0 radical (unpaired) electrons. The summed E-state index contributed by atoms with van der Waals surface area (Å²) in [6.45, 7) is 6.04. The molecule has 1 aliphatic heterocycles. The van der Waals surface area contributed by atoms with Crippen LogP contribution in [0.2, 0.25) is 0 Å². The van der Waals surface area contributed by atoms with Crippen molar-refractivity contribution in [3.63, 3.8) is 0 Å². The van der Waals surface area contributed by atoms with Gasteiger partial charge in [-0.05, 0) is 50.8 Å². The normalized spacial score (nSPS) is 22.5. The van der Waals surface area contributed by atoms with Crippen LogP contribution in [0.25, 0.3) is 10.9 Å². The fraction of sp³-hybridized carbons (Fsp3) is 0.560. The number of amides is 2. The van der Waals surface area contributed by atoms with Crippen LogP contribution >= 0.6 is 0 Å². The van der Waals surface area contributed by atoms with E-state index < -0.39 is 0 Å². The Balaban J connectivity index is 1.52. The molecular formula is C25H34N4O2. The molecular weight excluding hydrogens is 388 g/mol. The van der Waals surface area contributed by atoms with E-state index in [1.54, 1.807) is 0 Å². The highest BCUT2D eigenvalue weighted by Gasteiger charge is 2.27. The Morgan fingerprint density at radius 1 is 1.06 bits per heavy atom. The Bertz CT molecular complexity index is 928. The van der Waals surface area contributed by atoms with E-state index in [0.717, 1.165) is 80.6 Å². The molecule has 0 unspecified atom stereocenters. The average Bonchev–Trinajstić information content (AvgIpc) is 2.82. The smallest absolute Gasteiger partial charge is 0.254 e. The van der Waals surface area contributed by atoms with E-state index >= 15 is 0 Å². The maximum absolute atomic E-state index is 13.4. The van der Waals surface area contributed by atoms with Gasteiger partial charge in [0, 0.05) is 56.1 Å². The van der Waals surface area contributed by atoms with E-state index in [-0.39, 0.29) is 11.8 Å². The summed E-state index contributed by atoms with van der Waals surface area (Å²) in [4.78, 5) is 34.2. The topological polar surface area (TPSA) is 65.5 Å². The molecule has 0 spiro atoms. The number of pyridine rings is 1. The Hall–Kier alpha value is -2.47. The van der Waals surface area contributed by atoms with Crippen LogP contribution in [0.15, 0.2) is 30.3 Å². The van der Waals surface area contributed by atoms with Crippen molar-refractivity contribution in [3.05, 3.63) is 41.6 Å². The Morgan fingerprint density at radius 2 is 1.77 bits per heavy atom. The summed E-state index contributed by atoms with van der Waals surface area (Å²) < 4.78 is 0. The largest absolute Gasteiger partial charge is 0.356 e. The van der Waals surface area contributed by atoms with Crippen molar-refractivity contribution in [3.8, 4) is 0 Å². The molecule has 0 bridgehead atoms. The number of aromatic nitrogens is 1. The molecule has 6 heteroatoms. The van der Waals surface area contributed by atoms with E-state index in [2.05, 4.69) is 23.3 Å². The fourth-order valence-corrected chi connectivity index (χ4v) is 4.81. The number of benzene rings is 1. The number of hydrogen-bond donors (Lipinski definition) is 1. The number of carbonyl (C=O) groups is 2. The molecule has 4 rings (SSSR count). The first-order valence-electron chi connectivity index (χ1n) is 11.7. The van der Waals surface area contributed by atoms with Gasteiger partial charge in [-0.2, -0.15) is 0 Å². The van der Waals surface area contributed by atoms with Gasteiger partial charge in [-0.15, -0.1) is 0 Å². The van der Waals surface area contributed by atoms with E-state index in [1.165, 1.54) is 0 Å². The molecule has 1 aromatic heterocycles. The molecule has 2 heterocycles. The summed E-state index contributed by atoms with van der Waals surface area (Å²) in [5.74, 6) is 1.18. The molecule has 2 aromatic rings. The zero-order valence-corrected chi connectivity index (χ0v) is 18.8. The molecule has 1 saturated carbocycles. The summed E-state index contributed by atoms with van der Waals surface area (Å²) in [6, 6.07) is 10.1. The Morgan fingerprint density at radius 3 is 2.48 bits per heavy atom. The third-order valence-electron chi connectivity index (χ3n) is 6.93. The van der Waals surface area contributed by atoms with Crippen molar-refractivity contribution < 1.29 is 9.59 Å². The van der Waals surface area contributed by atoms with Crippen molar-refractivity contribution in [2.24, 2.45) is 5.92 Å². The number of hydrogen-bond acceptors (Lipinski definition) is 4. The van der Waals surface area contributed by atoms with Crippen LogP contribution in [-0.2, 0) is 4.79 Å². The highest BCUT2D eigenvalue weighted by Crippen LogP contribution is 2.36. The third kappa shape index (κ3) is 5.06. The molecule has 166 valence electrons. The lowest BCUT2D eigenvalue weighted by Crippen LogP contribution is -2.47. The van der Waals surface area contributed by atoms with E-state index in [4.69, 9.17) is 4.98 Å². The fourth-order valence-electron chi connectivity index (χ4n) is 4.81. The predicted molar refractivity (Wildman–Crippen MR) is 123 cm³/mol. The van der Waals surface area contributed by atoms with Gasteiger partial charge in [0.05, 0.1) is 11.1 Å². The van der Waals surface area contributed by atoms with Crippen LogP contribution in [0, 0.1) is 5.92 Å². The molecule has 1 aliphatic carbocycles. The first-order valence-corrected chi connectivity index (χ1v) is 11.7. The Kier molecular flexibility index (Phi) is 6.86. The number of fused-ring (bicyclic) bond motifs is 1. The van der Waals surface area contributed by atoms with Gasteiger partial charge in [0.15, 0.2) is 0 Å². The van der Waals surface area contributed by atoms with Crippen LogP contribution in [-0.4, -0.2) is 66.4 Å². The number of para-hydroxylation sites is 1. The molecule has 1 saturated heterocycles. The minimum absolute atomic E-state index is 0.129. The molecule has 2 aliphatic rings. The third-order valence-corrected chi connectivity index (χ3v) is 6.93. The molecule has 1 N–H and O–H groups in total. The van der Waals surface area contributed by atoms with Gasteiger partial charge in [-0.3, -0.25) is 14.6 Å². The number of likely N-dealkylation sites (N-methyl/N-ethyl adjacent to an activating group) is 1. The SMILES string of the molecule is CCC(=O)NCC1CCC(c2cc(C(=O)N3CCN(C)CC3)c3ccccc3n2)CC1. The highest BCUT2D eigenvalue weighted by molar-refractivity contribution is 6.06. The highest BCUT2D eigenvalue weighted by atomic mass is 16.2. The minimum Gasteiger partial charge on any atom is -0.356 e. The van der Waals surface area contributed by atoms with E-state index in [9.17, 15) is 9.59 Å². The van der Waals surface area contributed by atoms with Crippen LogP contribution in [0.4, 0.5) is 0 Å². The number of nitrogens with one attached hydrogen (secondary N) is 1. The van der Waals surface area contributed by atoms with Crippen LogP contribution in [0.3, 0.4) is 0 Å². The van der Waals surface area contributed by atoms with Gasteiger partial charge in [-0.25, -0.2) is 0 Å². The van der Waals surface area contributed by atoms with E-state index in [1.807, 2.05) is 36.1 Å². The van der Waals surface area contributed by atoms with Gasteiger partial charge in [0.25, 0.3) is 5.91 Å². The summed E-state index contributed by atoms with van der Waals surface area (Å²) in [6.07, 6.45) is 4.83. The summed E-state index contributed by atoms with van der Waals surface area (Å²) in [5.41, 5.74) is 2.75. The summed E-state index contributed by atoms with van der Waals surface area (Å²) in [7, 11) is 2.10. The van der Waals surface area contributed by atoms with Crippen molar-refractivity contribution in [2.45, 2.75) is 44.9 Å². The van der Waals surface area contributed by atoms with Crippen molar-refractivity contribution in [1.82, 2.24) is 20.1 Å². The van der Waals surface area contributed by atoms with Gasteiger partial charge in [-0.1, -0.05) is 25.1 Å². The first kappa shape index (κ1) is 21.8. The predicted octanol–water partition coefficient (Wildman–Crippen LogP) is 3.42. The second kappa shape index (κ2) is 9.77. The summed E-state index contributed by atoms with van der Waals surface area (Å²) in [5, 5.41) is 3.99. The van der Waals surface area contributed by atoms with Gasteiger partial charge in [0.1, 0.15) is 0 Å². The number of piperazine rings is 1. The molecule has 2 fully saturated rings. The van der Waals surface area contributed by atoms with E-state index in [0.29, 0.717) is 18.3 Å². The van der Waals surface area contributed by atoms with Crippen LogP contribution in [0.5, 0.6) is 0 Å². The zero-order chi connectivity index (χ0) is 21.8. The standard InChI is InChI=1S/C25H34N4O2/c1-3-24(30)26-17-18-8-10-19(11-9-18)23-16-21(20-6-4-5-7-22(20)27-23)25(31)29-14-12-28(2)13-15-29/h4-7,16,18-19H,3,8-15,17H2,1-2H3,(H,26,30). The molecule has 6 nitrogen and oxygen atoms in total. The second-order valence-corrected chi connectivity index (χ2v) is 9.08. The monoisotopic (exact) mass is 422 g/mol. The minimum atomic E-state index is 0.129. The number of rotatable bonds is 5. The first-order chi connectivity index (χ1) is 15.0.